The largest absolute Gasteiger partial charge is 0.0613 e. The molecule has 0 spiro atoms. The Morgan fingerprint density at radius 2 is 1.56 bits per heavy atom. The lowest BCUT2D eigenvalue weighted by atomic mass is 10.0. The van der Waals surface area contributed by atoms with E-state index in [-0.39, 0.29) is 0 Å². The predicted octanol–water partition coefficient (Wildman–Crippen LogP) is 4.28. The lowest BCUT2D eigenvalue weighted by Crippen LogP contribution is -1.84. The first-order chi connectivity index (χ1) is 7.83. The van der Waals surface area contributed by atoms with Crippen LogP contribution in [0.1, 0.15) is 25.0 Å². The number of benzene rings is 2. The third-order valence-electron chi connectivity index (χ3n) is 2.95. The van der Waals surface area contributed by atoms with Crippen LogP contribution in [0.3, 0.4) is 0 Å². The Bertz CT molecular complexity index is 452. The summed E-state index contributed by atoms with van der Waals surface area (Å²) in [6, 6.07) is 18.4. The number of hydrogen-bond acceptors (Lipinski definition) is 0. The van der Waals surface area contributed by atoms with Gasteiger partial charge in [0.1, 0.15) is 0 Å². The van der Waals surface area contributed by atoms with E-state index < -0.39 is 0 Å². The Hall–Kier alpha value is -1.56. The molecule has 2 aromatic carbocycles. The Morgan fingerprint density at radius 1 is 0.875 bits per heavy atom. The molecule has 0 fully saturated rings. The first kappa shape index (κ1) is 10.9. The van der Waals surface area contributed by atoms with Crippen LogP contribution in [0.5, 0.6) is 0 Å². The van der Waals surface area contributed by atoms with Crippen LogP contribution in [0, 0.1) is 6.07 Å². The fraction of sp³-hybridized carbons (Fsp3) is 0.250. The van der Waals surface area contributed by atoms with Crippen molar-refractivity contribution in [3.05, 3.63) is 59.7 Å². The zero-order valence-electron chi connectivity index (χ0n) is 9.96. The summed E-state index contributed by atoms with van der Waals surface area (Å²) in [6.07, 6.45) is 2.17. The van der Waals surface area contributed by atoms with E-state index in [9.17, 15) is 0 Å². The monoisotopic (exact) mass is 209 g/mol. The van der Waals surface area contributed by atoms with Crippen molar-refractivity contribution >= 4 is 0 Å². The Labute approximate surface area is 97.9 Å². The number of rotatable bonds is 3. The molecule has 0 aliphatic heterocycles. The normalized spacial score (nSPS) is 10.4. The molecular formula is C16H17. The van der Waals surface area contributed by atoms with Crippen LogP contribution in [-0.2, 0) is 12.8 Å². The van der Waals surface area contributed by atoms with E-state index in [0.717, 1.165) is 12.8 Å². The van der Waals surface area contributed by atoms with Crippen LogP contribution < -0.4 is 0 Å². The quantitative estimate of drug-likeness (QED) is 0.707. The summed E-state index contributed by atoms with van der Waals surface area (Å²) >= 11 is 0. The molecule has 2 aromatic rings. The van der Waals surface area contributed by atoms with Crippen molar-refractivity contribution in [2.75, 3.05) is 0 Å². The van der Waals surface area contributed by atoms with E-state index in [1.54, 1.807) is 0 Å². The van der Waals surface area contributed by atoms with Crippen LogP contribution in [0.25, 0.3) is 11.1 Å². The Kier molecular flexibility index (Phi) is 3.40. The van der Waals surface area contributed by atoms with Crippen molar-refractivity contribution < 1.29 is 0 Å². The second kappa shape index (κ2) is 4.98. The Morgan fingerprint density at radius 3 is 2.19 bits per heavy atom. The van der Waals surface area contributed by atoms with Gasteiger partial charge < -0.3 is 0 Å². The van der Waals surface area contributed by atoms with Gasteiger partial charge >= 0.3 is 0 Å². The minimum absolute atomic E-state index is 1.08. The van der Waals surface area contributed by atoms with Gasteiger partial charge in [0.05, 0.1) is 0 Å². The molecule has 2 rings (SSSR count). The molecule has 0 aliphatic carbocycles. The molecule has 0 bridgehead atoms. The topological polar surface area (TPSA) is 0 Å². The van der Waals surface area contributed by atoms with Gasteiger partial charge in [-0.1, -0.05) is 56.3 Å². The molecule has 0 aliphatic rings. The SMILES string of the molecule is CCc1ccc(-c2[c]ccc(CC)c2)cc1. The maximum absolute atomic E-state index is 3.30. The van der Waals surface area contributed by atoms with E-state index in [1.807, 2.05) is 6.07 Å². The first-order valence-corrected chi connectivity index (χ1v) is 5.93. The van der Waals surface area contributed by atoms with Crippen molar-refractivity contribution in [3.63, 3.8) is 0 Å². The standard InChI is InChI=1S/C16H17/c1-3-13-8-10-15(11-9-13)16-7-5-6-14(4-2)12-16/h5-6,8-12H,3-4H2,1-2H3. The molecule has 0 heteroatoms. The van der Waals surface area contributed by atoms with E-state index in [4.69, 9.17) is 0 Å². The van der Waals surface area contributed by atoms with Crippen LogP contribution in [0.4, 0.5) is 0 Å². The zero-order chi connectivity index (χ0) is 11.4. The van der Waals surface area contributed by atoms with Crippen LogP contribution in [0.15, 0.2) is 42.5 Å². The van der Waals surface area contributed by atoms with Gasteiger partial charge in [0.15, 0.2) is 0 Å². The second-order valence-corrected chi connectivity index (χ2v) is 4.01. The lowest BCUT2D eigenvalue weighted by Gasteiger charge is -2.04. The van der Waals surface area contributed by atoms with Gasteiger partial charge in [-0.05, 0) is 41.2 Å². The van der Waals surface area contributed by atoms with Crippen molar-refractivity contribution in [2.45, 2.75) is 26.7 Å². The second-order valence-electron chi connectivity index (χ2n) is 4.01. The molecule has 81 valence electrons. The Balaban J connectivity index is 2.34. The molecule has 0 heterocycles. The van der Waals surface area contributed by atoms with E-state index >= 15 is 0 Å². The maximum Gasteiger partial charge on any atom is -0.00990 e. The summed E-state index contributed by atoms with van der Waals surface area (Å²) in [4.78, 5) is 0. The van der Waals surface area contributed by atoms with Crippen molar-refractivity contribution in [3.8, 4) is 11.1 Å². The highest BCUT2D eigenvalue weighted by molar-refractivity contribution is 5.63. The molecule has 0 aromatic heterocycles. The van der Waals surface area contributed by atoms with Gasteiger partial charge in [0, 0.05) is 0 Å². The fourth-order valence-electron chi connectivity index (χ4n) is 1.82. The minimum atomic E-state index is 1.08. The highest BCUT2D eigenvalue weighted by Gasteiger charge is 1.98. The van der Waals surface area contributed by atoms with Crippen molar-refractivity contribution in [2.24, 2.45) is 0 Å². The third-order valence-corrected chi connectivity index (χ3v) is 2.95. The van der Waals surface area contributed by atoms with Gasteiger partial charge in [-0.2, -0.15) is 0 Å². The summed E-state index contributed by atoms with van der Waals surface area (Å²) in [5, 5.41) is 0. The van der Waals surface area contributed by atoms with Gasteiger partial charge in [0.25, 0.3) is 0 Å². The average Bonchev–Trinajstić information content (AvgIpc) is 2.39. The fourth-order valence-corrected chi connectivity index (χ4v) is 1.82. The molecule has 0 N–H and O–H groups in total. The van der Waals surface area contributed by atoms with Crippen LogP contribution in [0.2, 0.25) is 0 Å². The summed E-state index contributed by atoms with van der Waals surface area (Å²) in [5.41, 5.74) is 5.21. The molecule has 0 saturated heterocycles. The van der Waals surface area contributed by atoms with E-state index in [1.165, 1.54) is 22.3 Å². The molecule has 0 atom stereocenters. The predicted molar refractivity (Wildman–Crippen MR) is 69.5 cm³/mol. The average molecular weight is 209 g/mol. The van der Waals surface area contributed by atoms with Crippen molar-refractivity contribution in [1.82, 2.24) is 0 Å². The summed E-state index contributed by atoms with van der Waals surface area (Å²) in [5.74, 6) is 0. The molecular weight excluding hydrogens is 192 g/mol. The van der Waals surface area contributed by atoms with Gasteiger partial charge in [-0.25, -0.2) is 0 Å². The lowest BCUT2D eigenvalue weighted by molar-refractivity contribution is 1.14. The number of aryl methyl sites for hydroxylation is 2. The molecule has 0 saturated carbocycles. The summed E-state index contributed by atoms with van der Waals surface area (Å²) < 4.78 is 0. The van der Waals surface area contributed by atoms with Crippen molar-refractivity contribution in [1.29, 1.82) is 0 Å². The summed E-state index contributed by atoms with van der Waals surface area (Å²) in [6.45, 7) is 4.36. The molecule has 1 radical (unpaired) electrons. The minimum Gasteiger partial charge on any atom is -0.0613 e. The van der Waals surface area contributed by atoms with Gasteiger partial charge in [0.2, 0.25) is 0 Å². The van der Waals surface area contributed by atoms with Crippen LogP contribution >= 0.6 is 0 Å². The summed E-state index contributed by atoms with van der Waals surface area (Å²) in [7, 11) is 0. The van der Waals surface area contributed by atoms with E-state index in [2.05, 4.69) is 56.3 Å². The highest BCUT2D eigenvalue weighted by atomic mass is 14.0. The zero-order valence-corrected chi connectivity index (χ0v) is 9.96. The third kappa shape index (κ3) is 2.33. The highest BCUT2D eigenvalue weighted by Crippen LogP contribution is 2.20. The number of hydrogen-bond donors (Lipinski definition) is 0. The molecule has 0 unspecified atom stereocenters. The molecule has 0 amide bonds. The van der Waals surface area contributed by atoms with Gasteiger partial charge in [-0.3, -0.25) is 0 Å². The molecule has 0 nitrogen and oxygen atoms in total. The smallest absolute Gasteiger partial charge is 0.00990 e. The van der Waals surface area contributed by atoms with E-state index in [0.29, 0.717) is 0 Å². The maximum atomic E-state index is 3.30. The van der Waals surface area contributed by atoms with Gasteiger partial charge in [-0.15, -0.1) is 0 Å². The molecule has 16 heavy (non-hydrogen) atoms. The first-order valence-electron chi connectivity index (χ1n) is 5.93. The van der Waals surface area contributed by atoms with Crippen LogP contribution in [-0.4, -0.2) is 0 Å².